The average molecular weight is 457 g/mol. The van der Waals surface area contributed by atoms with Crippen molar-refractivity contribution in [2.24, 2.45) is 0 Å². The summed E-state index contributed by atoms with van der Waals surface area (Å²) in [7, 11) is -2.97. The molecule has 0 saturated heterocycles. The lowest BCUT2D eigenvalue weighted by molar-refractivity contribution is -0.0469. The maximum absolute atomic E-state index is 12.8. The molecule has 1 fully saturated rings. The zero-order valence-electron chi connectivity index (χ0n) is 17.2. The molecule has 2 aromatic heterocycles. The van der Waals surface area contributed by atoms with Crippen LogP contribution < -0.4 is 0 Å². The third-order valence-electron chi connectivity index (χ3n) is 5.23. The molecule has 164 valence electrons. The summed E-state index contributed by atoms with van der Waals surface area (Å²) in [5, 5.41) is 31.3. The second-order valence-corrected chi connectivity index (χ2v) is 10.3. The predicted octanol–water partition coefficient (Wildman–Crippen LogP) is 3.00. The molecule has 2 N–H and O–H groups in total. The molecule has 1 aliphatic rings. The molecule has 0 bridgehead atoms. The summed E-state index contributed by atoms with van der Waals surface area (Å²) in [6.45, 7) is 5.67. The van der Waals surface area contributed by atoms with Crippen molar-refractivity contribution in [2.75, 3.05) is 19.1 Å². The van der Waals surface area contributed by atoms with Crippen LogP contribution in [0.5, 0.6) is 0 Å². The number of aromatic nitrogens is 3. The Balaban J connectivity index is 1.87. The maximum Gasteiger partial charge on any atom is 0.227 e. The molecular weight excluding hydrogens is 431 g/mol. The van der Waals surface area contributed by atoms with Gasteiger partial charge in [-0.3, -0.25) is 4.57 Å². The molecule has 0 spiro atoms. The van der Waals surface area contributed by atoms with Crippen molar-refractivity contribution >= 4 is 30.0 Å². The first-order valence-electron chi connectivity index (χ1n) is 9.89. The number of fused-ring (bicyclic) bond motifs is 1. The summed E-state index contributed by atoms with van der Waals surface area (Å²) >= 11 is 6.22. The van der Waals surface area contributed by atoms with Crippen LogP contribution in [0.15, 0.2) is 6.20 Å². The minimum Gasteiger partial charge on any atom is -0.388 e. The van der Waals surface area contributed by atoms with E-state index in [0.29, 0.717) is 36.0 Å². The monoisotopic (exact) mass is 456 g/mol. The molecule has 1 unspecified atom stereocenters. The minimum absolute atomic E-state index is 0.126. The fraction of sp³-hybridized carbons (Fsp3) is 0.632. The van der Waals surface area contributed by atoms with E-state index in [4.69, 9.17) is 20.9 Å². The van der Waals surface area contributed by atoms with Gasteiger partial charge in [0.05, 0.1) is 29.7 Å². The molecule has 1 saturated carbocycles. The van der Waals surface area contributed by atoms with E-state index in [1.807, 2.05) is 6.92 Å². The molecule has 0 aliphatic heterocycles. The van der Waals surface area contributed by atoms with Crippen molar-refractivity contribution in [1.29, 1.82) is 5.26 Å². The molecule has 5 atom stereocenters. The molecule has 1 aliphatic carbocycles. The van der Waals surface area contributed by atoms with Crippen LogP contribution in [0.1, 0.15) is 44.1 Å². The number of rotatable bonds is 8. The third-order valence-corrected chi connectivity index (χ3v) is 7.90. The van der Waals surface area contributed by atoms with Crippen LogP contribution in [0.4, 0.5) is 0 Å². The van der Waals surface area contributed by atoms with Gasteiger partial charge in [-0.05, 0) is 26.7 Å². The second-order valence-electron chi connectivity index (χ2n) is 7.40. The Morgan fingerprint density at radius 3 is 2.73 bits per heavy atom. The lowest BCUT2D eigenvalue weighted by Crippen LogP contribution is -2.33. The number of aryl methyl sites for hydroxylation is 1. The van der Waals surface area contributed by atoms with Crippen molar-refractivity contribution in [2.45, 2.75) is 58.0 Å². The fourth-order valence-corrected chi connectivity index (χ4v) is 6.12. The van der Waals surface area contributed by atoms with E-state index in [1.54, 1.807) is 24.6 Å². The molecular formula is C19H26ClN4O5P. The highest BCUT2D eigenvalue weighted by Crippen LogP contribution is 2.48. The summed E-state index contributed by atoms with van der Waals surface area (Å²) in [6.07, 6.45) is -0.345. The van der Waals surface area contributed by atoms with Gasteiger partial charge in [0.15, 0.2) is 0 Å². The number of nitriles is 1. The van der Waals surface area contributed by atoms with Crippen LogP contribution in [0.3, 0.4) is 0 Å². The van der Waals surface area contributed by atoms with Crippen LogP contribution in [0.2, 0.25) is 5.15 Å². The number of aliphatic hydroxyl groups excluding tert-OH is 2. The van der Waals surface area contributed by atoms with Gasteiger partial charge in [0.1, 0.15) is 41.2 Å². The van der Waals surface area contributed by atoms with Crippen molar-refractivity contribution in [3.8, 4) is 6.07 Å². The summed E-state index contributed by atoms with van der Waals surface area (Å²) in [6, 6.07) is 1.47. The highest BCUT2D eigenvalue weighted by molar-refractivity contribution is 7.58. The molecule has 0 aromatic carbocycles. The first-order chi connectivity index (χ1) is 14.2. The van der Waals surface area contributed by atoms with Crippen LogP contribution in [0.25, 0.3) is 11.0 Å². The third kappa shape index (κ3) is 4.40. The predicted molar refractivity (Wildman–Crippen MR) is 112 cm³/mol. The number of ether oxygens (including phenoxy) is 1. The Labute approximate surface area is 180 Å². The van der Waals surface area contributed by atoms with Gasteiger partial charge in [-0.1, -0.05) is 18.5 Å². The maximum atomic E-state index is 12.8. The molecule has 9 nitrogen and oxygen atoms in total. The quantitative estimate of drug-likeness (QED) is 0.458. The first-order valence-corrected chi connectivity index (χ1v) is 12.3. The molecule has 3 rings (SSSR count). The highest BCUT2D eigenvalue weighted by Gasteiger charge is 2.44. The Hall–Kier alpha value is -1.53. The highest BCUT2D eigenvalue weighted by atomic mass is 35.5. The normalized spacial score (nSPS) is 26.0. The average Bonchev–Trinajstić information content (AvgIpc) is 3.19. The van der Waals surface area contributed by atoms with Gasteiger partial charge in [0, 0.05) is 12.4 Å². The Bertz CT molecular complexity index is 997. The number of aliphatic hydroxyl groups is 2. The van der Waals surface area contributed by atoms with E-state index in [-0.39, 0.29) is 23.5 Å². The van der Waals surface area contributed by atoms with Crippen molar-refractivity contribution in [1.82, 2.24) is 14.5 Å². The van der Waals surface area contributed by atoms with Crippen LogP contribution in [-0.2, 0) is 13.8 Å². The Morgan fingerprint density at radius 2 is 2.10 bits per heavy atom. The van der Waals surface area contributed by atoms with Crippen LogP contribution >= 0.6 is 19.0 Å². The number of hydrogen-bond donors (Lipinski definition) is 2. The lowest BCUT2D eigenvalue weighted by Gasteiger charge is -2.22. The summed E-state index contributed by atoms with van der Waals surface area (Å²) in [5.41, 5.74) is 0.691. The van der Waals surface area contributed by atoms with Crippen molar-refractivity contribution < 1.29 is 24.0 Å². The largest absolute Gasteiger partial charge is 0.388 e. The van der Waals surface area contributed by atoms with E-state index >= 15 is 0 Å². The van der Waals surface area contributed by atoms with E-state index in [1.165, 1.54) is 0 Å². The van der Waals surface area contributed by atoms with E-state index in [9.17, 15) is 20.0 Å². The van der Waals surface area contributed by atoms with Gasteiger partial charge >= 0.3 is 0 Å². The molecule has 11 heteroatoms. The van der Waals surface area contributed by atoms with Gasteiger partial charge < -0.3 is 24.0 Å². The van der Waals surface area contributed by atoms with Gasteiger partial charge in [0.2, 0.25) is 7.37 Å². The first kappa shape index (κ1) is 23.1. The van der Waals surface area contributed by atoms with Gasteiger partial charge in [-0.25, -0.2) is 9.97 Å². The molecule has 0 radical (unpaired) electrons. The Morgan fingerprint density at radius 1 is 1.37 bits per heavy atom. The second kappa shape index (κ2) is 9.31. The summed E-state index contributed by atoms with van der Waals surface area (Å²) in [4.78, 5) is 8.49. The minimum atomic E-state index is -2.97. The SMILES string of the molecule is CCCP(=O)(CO[C@H]1C[C@@H](n2cc(C#N)c3c(Cl)nc(C)nc32)[C@H](O)[C@@H]1O)OCC. The van der Waals surface area contributed by atoms with Crippen molar-refractivity contribution in [3.63, 3.8) is 0 Å². The summed E-state index contributed by atoms with van der Waals surface area (Å²) < 4.78 is 25.7. The standard InChI is InChI=1S/C19H26ClN4O5P/c1-4-6-30(27,29-5-2)10-28-14-7-13(16(25)17(14)26)24-9-12(8-21)15-18(20)22-11(3)23-19(15)24/h9,13-14,16-17,25-26H,4-7,10H2,1-3H3/t13-,14+,16+,17-,30?/m1/s1. The van der Waals surface area contributed by atoms with Crippen LogP contribution in [0, 0.1) is 18.3 Å². The van der Waals surface area contributed by atoms with Gasteiger partial charge in [-0.15, -0.1) is 0 Å². The zero-order chi connectivity index (χ0) is 22.1. The summed E-state index contributed by atoms with van der Waals surface area (Å²) in [5.74, 6) is 0.425. The molecule has 30 heavy (non-hydrogen) atoms. The topological polar surface area (TPSA) is 130 Å². The lowest BCUT2D eigenvalue weighted by atomic mass is 10.2. The molecule has 0 amide bonds. The number of halogens is 1. The zero-order valence-corrected chi connectivity index (χ0v) is 18.8. The molecule has 2 aromatic rings. The van der Waals surface area contributed by atoms with E-state index < -0.39 is 31.7 Å². The smallest absolute Gasteiger partial charge is 0.227 e. The Kier molecular flexibility index (Phi) is 7.18. The van der Waals surface area contributed by atoms with E-state index in [0.717, 1.165) is 0 Å². The van der Waals surface area contributed by atoms with Gasteiger partial charge in [0.25, 0.3) is 0 Å². The van der Waals surface area contributed by atoms with Gasteiger partial charge in [-0.2, -0.15) is 5.26 Å². The molecule has 2 heterocycles. The van der Waals surface area contributed by atoms with E-state index in [2.05, 4.69) is 16.0 Å². The number of nitrogens with zero attached hydrogens (tertiary/aromatic N) is 4. The van der Waals surface area contributed by atoms with Crippen LogP contribution in [-0.4, -0.2) is 62.2 Å². The van der Waals surface area contributed by atoms with Crippen molar-refractivity contribution in [3.05, 3.63) is 22.7 Å². The number of hydrogen-bond acceptors (Lipinski definition) is 8. The fourth-order valence-electron chi connectivity index (χ4n) is 3.91.